The van der Waals surface area contributed by atoms with Crippen LogP contribution in [0, 0.1) is 27.7 Å². The van der Waals surface area contributed by atoms with Gasteiger partial charge in [-0.25, -0.2) is 5.43 Å². The number of carbonyl (C=O) groups excluding carboxylic acids is 1. The van der Waals surface area contributed by atoms with E-state index in [9.17, 15) is 4.79 Å². The van der Waals surface area contributed by atoms with Gasteiger partial charge < -0.3 is 4.57 Å². The highest BCUT2D eigenvalue weighted by atomic mass is 16.2. The van der Waals surface area contributed by atoms with Crippen LogP contribution in [0.3, 0.4) is 0 Å². The summed E-state index contributed by atoms with van der Waals surface area (Å²) in [5.41, 5.74) is 9.37. The highest BCUT2D eigenvalue weighted by molar-refractivity contribution is 5.83. The Labute approximate surface area is 125 Å². The molecule has 1 N–H and O–H groups in total. The largest absolute Gasteiger partial charge is 0.318 e. The van der Waals surface area contributed by atoms with Gasteiger partial charge in [-0.2, -0.15) is 5.10 Å². The van der Waals surface area contributed by atoms with Crippen molar-refractivity contribution in [3.63, 3.8) is 0 Å². The summed E-state index contributed by atoms with van der Waals surface area (Å²) < 4.78 is 2.20. The lowest BCUT2D eigenvalue weighted by Crippen LogP contribution is -2.12. The van der Waals surface area contributed by atoms with Gasteiger partial charge in [-0.15, -0.1) is 0 Å². The predicted molar refractivity (Wildman–Crippen MR) is 86.1 cm³/mol. The van der Waals surface area contributed by atoms with Crippen molar-refractivity contribution in [3.8, 4) is 5.69 Å². The van der Waals surface area contributed by atoms with Gasteiger partial charge in [0.15, 0.2) is 0 Å². The minimum absolute atomic E-state index is 0.172. The van der Waals surface area contributed by atoms with E-state index in [1.807, 2.05) is 0 Å². The highest BCUT2D eigenvalue weighted by Crippen LogP contribution is 2.21. The summed E-state index contributed by atoms with van der Waals surface area (Å²) in [4.78, 5) is 10.9. The van der Waals surface area contributed by atoms with Gasteiger partial charge >= 0.3 is 0 Å². The Hall–Kier alpha value is -2.36. The lowest BCUT2D eigenvalue weighted by atomic mass is 10.1. The van der Waals surface area contributed by atoms with Crippen LogP contribution >= 0.6 is 0 Å². The molecule has 0 bridgehead atoms. The summed E-state index contributed by atoms with van der Waals surface area (Å²) in [6.45, 7) is 9.79. The van der Waals surface area contributed by atoms with Crippen LogP contribution in [-0.4, -0.2) is 16.7 Å². The zero-order valence-corrected chi connectivity index (χ0v) is 13.2. The van der Waals surface area contributed by atoms with E-state index in [0.29, 0.717) is 0 Å². The van der Waals surface area contributed by atoms with Crippen LogP contribution in [0.4, 0.5) is 0 Å². The molecule has 21 heavy (non-hydrogen) atoms. The minimum atomic E-state index is -0.172. The molecule has 1 aromatic heterocycles. The van der Waals surface area contributed by atoms with Crippen LogP contribution < -0.4 is 5.43 Å². The Balaban J connectivity index is 2.41. The van der Waals surface area contributed by atoms with Crippen LogP contribution in [0.2, 0.25) is 0 Å². The number of aromatic nitrogens is 1. The number of hydrazone groups is 1. The number of benzene rings is 1. The molecule has 0 fully saturated rings. The number of nitrogens with zero attached hydrogens (tertiary/aromatic N) is 2. The van der Waals surface area contributed by atoms with Crippen LogP contribution in [0.25, 0.3) is 5.69 Å². The Bertz CT molecular complexity index is 711. The maximum absolute atomic E-state index is 10.9. The highest BCUT2D eigenvalue weighted by Gasteiger charge is 2.10. The number of amides is 1. The first-order chi connectivity index (χ1) is 9.90. The van der Waals surface area contributed by atoms with E-state index in [0.717, 1.165) is 22.6 Å². The van der Waals surface area contributed by atoms with Gasteiger partial charge in [-0.1, -0.05) is 6.07 Å². The van der Waals surface area contributed by atoms with Gasteiger partial charge in [0.1, 0.15) is 0 Å². The van der Waals surface area contributed by atoms with Crippen molar-refractivity contribution in [1.82, 2.24) is 9.99 Å². The van der Waals surface area contributed by atoms with E-state index in [1.165, 1.54) is 18.1 Å². The van der Waals surface area contributed by atoms with E-state index in [4.69, 9.17) is 0 Å². The van der Waals surface area contributed by atoms with Crippen LogP contribution in [0.5, 0.6) is 0 Å². The molecule has 0 atom stereocenters. The molecule has 1 heterocycles. The third-order valence-electron chi connectivity index (χ3n) is 3.64. The standard InChI is InChI=1S/C17H21N3O/c1-11-6-7-17(8-12(11)2)20-13(3)9-16(14(20)4)10-18-19-15(5)21/h6-10H,1-5H3,(H,19,21)/b18-10-. The first-order valence-electron chi connectivity index (χ1n) is 6.96. The summed E-state index contributed by atoms with van der Waals surface area (Å²) in [6.07, 6.45) is 1.68. The zero-order valence-electron chi connectivity index (χ0n) is 13.2. The number of rotatable bonds is 3. The van der Waals surface area contributed by atoms with Crippen molar-refractivity contribution in [2.45, 2.75) is 34.6 Å². The molecule has 2 rings (SSSR count). The smallest absolute Gasteiger partial charge is 0.236 e. The normalized spacial score (nSPS) is 11.1. The fourth-order valence-corrected chi connectivity index (χ4v) is 2.37. The van der Waals surface area contributed by atoms with Crippen LogP contribution in [-0.2, 0) is 4.79 Å². The first kappa shape index (κ1) is 15.0. The molecular weight excluding hydrogens is 262 g/mol. The van der Waals surface area contributed by atoms with Crippen LogP contribution in [0.1, 0.15) is 35.0 Å². The fourth-order valence-electron chi connectivity index (χ4n) is 2.37. The molecule has 1 aromatic carbocycles. The third kappa shape index (κ3) is 3.21. The summed E-state index contributed by atoms with van der Waals surface area (Å²) in [5, 5.41) is 3.94. The lowest BCUT2D eigenvalue weighted by molar-refractivity contribution is -0.118. The molecule has 0 aliphatic carbocycles. The second-order valence-electron chi connectivity index (χ2n) is 5.36. The molecule has 0 aliphatic heterocycles. The summed E-state index contributed by atoms with van der Waals surface area (Å²) in [5.74, 6) is -0.172. The van der Waals surface area contributed by atoms with E-state index in [-0.39, 0.29) is 5.91 Å². The molecule has 4 heteroatoms. The predicted octanol–water partition coefficient (Wildman–Crippen LogP) is 3.18. The molecule has 1 amide bonds. The van der Waals surface area contributed by atoms with Crippen molar-refractivity contribution in [1.29, 1.82) is 0 Å². The molecule has 2 aromatic rings. The summed E-state index contributed by atoms with van der Waals surface area (Å²) in [7, 11) is 0. The second-order valence-corrected chi connectivity index (χ2v) is 5.36. The van der Waals surface area contributed by atoms with E-state index in [2.05, 4.69) is 67.1 Å². The number of nitrogens with one attached hydrogen (secondary N) is 1. The molecule has 0 radical (unpaired) electrons. The van der Waals surface area contributed by atoms with Crippen molar-refractivity contribution >= 4 is 12.1 Å². The Kier molecular flexibility index (Phi) is 4.26. The van der Waals surface area contributed by atoms with Crippen molar-refractivity contribution in [3.05, 3.63) is 52.3 Å². The molecule has 110 valence electrons. The molecule has 0 saturated carbocycles. The van der Waals surface area contributed by atoms with Gasteiger partial charge in [0, 0.05) is 29.6 Å². The summed E-state index contributed by atoms with van der Waals surface area (Å²) >= 11 is 0. The van der Waals surface area contributed by atoms with Crippen molar-refractivity contribution < 1.29 is 4.79 Å². The quantitative estimate of drug-likeness (QED) is 0.682. The minimum Gasteiger partial charge on any atom is -0.318 e. The SMILES string of the molecule is CC(=O)N/N=C\c1cc(C)n(-c2ccc(C)c(C)c2)c1C. The fraction of sp³-hybridized carbons (Fsp3) is 0.294. The molecule has 0 spiro atoms. The zero-order chi connectivity index (χ0) is 15.6. The maximum Gasteiger partial charge on any atom is 0.236 e. The second kappa shape index (κ2) is 5.95. The van der Waals surface area contributed by atoms with Gasteiger partial charge in [-0.3, -0.25) is 4.79 Å². The molecule has 0 unspecified atom stereocenters. The van der Waals surface area contributed by atoms with Crippen molar-refractivity contribution in [2.24, 2.45) is 5.10 Å². The molecule has 0 saturated heterocycles. The topological polar surface area (TPSA) is 46.4 Å². The van der Waals surface area contributed by atoms with E-state index in [1.54, 1.807) is 6.21 Å². The number of carbonyl (C=O) groups is 1. The van der Waals surface area contributed by atoms with Gasteiger partial charge in [0.25, 0.3) is 0 Å². The van der Waals surface area contributed by atoms with Gasteiger partial charge in [0.05, 0.1) is 6.21 Å². The first-order valence-corrected chi connectivity index (χ1v) is 6.96. The number of hydrogen-bond acceptors (Lipinski definition) is 2. The van der Waals surface area contributed by atoms with E-state index >= 15 is 0 Å². The average molecular weight is 283 g/mol. The Morgan fingerprint density at radius 1 is 1.14 bits per heavy atom. The molecule has 4 nitrogen and oxygen atoms in total. The van der Waals surface area contributed by atoms with E-state index < -0.39 is 0 Å². The monoisotopic (exact) mass is 283 g/mol. The lowest BCUT2D eigenvalue weighted by Gasteiger charge is -2.11. The molecular formula is C17H21N3O. The number of hydrogen-bond donors (Lipinski definition) is 1. The number of aryl methyl sites for hydroxylation is 3. The van der Waals surface area contributed by atoms with Crippen molar-refractivity contribution in [2.75, 3.05) is 0 Å². The Morgan fingerprint density at radius 3 is 2.48 bits per heavy atom. The summed E-state index contributed by atoms with van der Waals surface area (Å²) in [6, 6.07) is 8.51. The maximum atomic E-state index is 10.9. The molecule has 0 aliphatic rings. The third-order valence-corrected chi connectivity index (χ3v) is 3.64. The Morgan fingerprint density at radius 2 is 1.86 bits per heavy atom. The van der Waals surface area contributed by atoms with Gasteiger partial charge in [-0.05, 0) is 57.0 Å². The van der Waals surface area contributed by atoms with Gasteiger partial charge in [0.2, 0.25) is 5.91 Å². The van der Waals surface area contributed by atoms with Crippen LogP contribution in [0.15, 0.2) is 29.4 Å². The average Bonchev–Trinajstić information content (AvgIpc) is 2.68.